The molecule has 0 aromatic heterocycles. The van der Waals surface area contributed by atoms with Crippen LogP contribution in [0.2, 0.25) is 0 Å². The summed E-state index contributed by atoms with van der Waals surface area (Å²) >= 11 is 0. The van der Waals surface area contributed by atoms with Crippen molar-refractivity contribution in [1.82, 2.24) is 0 Å². The predicted molar refractivity (Wildman–Crippen MR) is 78.7 cm³/mol. The fourth-order valence-corrected chi connectivity index (χ4v) is 3.17. The summed E-state index contributed by atoms with van der Waals surface area (Å²) in [6.07, 6.45) is 1.56. The topological polar surface area (TPSA) is 46.5 Å². The van der Waals surface area contributed by atoms with Crippen LogP contribution in [0.15, 0.2) is 24.3 Å². The number of esters is 1. The van der Waals surface area contributed by atoms with E-state index in [4.69, 9.17) is 4.74 Å². The van der Waals surface area contributed by atoms with E-state index in [2.05, 4.69) is 26.0 Å². The van der Waals surface area contributed by atoms with Crippen LogP contribution >= 0.6 is 0 Å². The Morgan fingerprint density at radius 2 is 1.85 bits per heavy atom. The first kappa shape index (κ1) is 15.0. The molecule has 1 aromatic rings. The Bertz CT molecular complexity index is 481. The lowest BCUT2D eigenvalue weighted by Gasteiger charge is -2.51. The Morgan fingerprint density at radius 3 is 2.25 bits per heavy atom. The highest BCUT2D eigenvalue weighted by Crippen LogP contribution is 2.52. The number of hydrogen-bond donors (Lipinski definition) is 1. The van der Waals surface area contributed by atoms with Gasteiger partial charge in [0.15, 0.2) is 0 Å². The lowest BCUT2D eigenvalue weighted by molar-refractivity contribution is -0.168. The van der Waals surface area contributed by atoms with Gasteiger partial charge < -0.3 is 9.84 Å². The summed E-state index contributed by atoms with van der Waals surface area (Å²) in [5, 5.41) is 10.3. The Kier molecular flexibility index (Phi) is 3.92. The van der Waals surface area contributed by atoms with Gasteiger partial charge in [0.1, 0.15) is 0 Å². The summed E-state index contributed by atoms with van der Waals surface area (Å²) in [7, 11) is 1.41. The van der Waals surface area contributed by atoms with E-state index in [1.54, 1.807) is 0 Å². The standard InChI is InChI=1S/C17H24O3/c1-5-16(19)10-17(11-16,15(18)20-4)14-8-6-13(7-9-14)12(2)3/h6-9,12,19H,5,10-11H2,1-4H3. The highest BCUT2D eigenvalue weighted by molar-refractivity contribution is 5.85. The summed E-state index contributed by atoms with van der Waals surface area (Å²) in [6.45, 7) is 6.23. The average molecular weight is 276 g/mol. The average Bonchev–Trinajstić information content (AvgIpc) is 2.43. The molecular formula is C17H24O3. The molecule has 1 aliphatic carbocycles. The first-order valence-electron chi connectivity index (χ1n) is 7.28. The van der Waals surface area contributed by atoms with Crippen molar-refractivity contribution >= 4 is 5.97 Å². The monoisotopic (exact) mass is 276 g/mol. The van der Waals surface area contributed by atoms with Gasteiger partial charge in [0.2, 0.25) is 0 Å². The zero-order valence-corrected chi connectivity index (χ0v) is 12.8. The Hall–Kier alpha value is -1.35. The molecule has 110 valence electrons. The molecule has 1 aliphatic rings. The van der Waals surface area contributed by atoms with Crippen LogP contribution in [-0.2, 0) is 14.9 Å². The Labute approximate surface area is 121 Å². The molecule has 0 aliphatic heterocycles. The van der Waals surface area contributed by atoms with Crippen molar-refractivity contribution < 1.29 is 14.6 Å². The lowest BCUT2D eigenvalue weighted by Crippen LogP contribution is -2.58. The van der Waals surface area contributed by atoms with Crippen LogP contribution in [0.3, 0.4) is 0 Å². The van der Waals surface area contributed by atoms with E-state index in [0.29, 0.717) is 25.2 Å². The van der Waals surface area contributed by atoms with E-state index in [1.807, 2.05) is 19.1 Å². The summed E-state index contributed by atoms with van der Waals surface area (Å²) < 4.78 is 4.98. The molecule has 0 amide bonds. The molecule has 0 radical (unpaired) electrons. The molecule has 1 saturated carbocycles. The largest absolute Gasteiger partial charge is 0.468 e. The van der Waals surface area contributed by atoms with Gasteiger partial charge in [0, 0.05) is 0 Å². The zero-order chi connectivity index (χ0) is 15.0. The van der Waals surface area contributed by atoms with E-state index in [0.717, 1.165) is 5.56 Å². The van der Waals surface area contributed by atoms with Crippen LogP contribution in [0.5, 0.6) is 0 Å². The molecule has 0 spiro atoms. The van der Waals surface area contributed by atoms with Crippen LogP contribution in [0.25, 0.3) is 0 Å². The number of aliphatic hydroxyl groups is 1. The first-order chi connectivity index (χ1) is 9.37. The lowest BCUT2D eigenvalue weighted by atomic mass is 9.55. The highest BCUT2D eigenvalue weighted by Gasteiger charge is 2.59. The minimum atomic E-state index is -0.731. The van der Waals surface area contributed by atoms with Crippen molar-refractivity contribution in [2.45, 2.75) is 57.0 Å². The van der Waals surface area contributed by atoms with Crippen LogP contribution in [0.1, 0.15) is 57.1 Å². The normalized spacial score (nSPS) is 29.1. The minimum absolute atomic E-state index is 0.243. The number of methoxy groups -OCH3 is 1. The molecule has 1 N–H and O–H groups in total. The van der Waals surface area contributed by atoms with Crippen LogP contribution in [-0.4, -0.2) is 23.8 Å². The number of benzene rings is 1. The fourth-order valence-electron chi connectivity index (χ4n) is 3.17. The molecule has 0 heterocycles. The van der Waals surface area contributed by atoms with Crippen LogP contribution < -0.4 is 0 Å². The molecule has 2 rings (SSSR count). The van der Waals surface area contributed by atoms with Gasteiger partial charge in [-0.15, -0.1) is 0 Å². The maximum atomic E-state index is 12.2. The number of carbonyl (C=O) groups is 1. The third kappa shape index (κ3) is 2.35. The summed E-state index contributed by atoms with van der Waals surface area (Å²) in [5.41, 5.74) is 0.797. The Balaban J connectivity index is 2.32. The molecule has 3 nitrogen and oxygen atoms in total. The number of ether oxygens (including phenoxy) is 1. The second-order valence-electron chi connectivity index (χ2n) is 6.28. The molecule has 0 bridgehead atoms. The number of rotatable bonds is 4. The number of hydrogen-bond acceptors (Lipinski definition) is 3. The van der Waals surface area contributed by atoms with Crippen molar-refractivity contribution in [2.24, 2.45) is 0 Å². The maximum absolute atomic E-state index is 12.2. The highest BCUT2D eigenvalue weighted by atomic mass is 16.5. The van der Waals surface area contributed by atoms with E-state index >= 15 is 0 Å². The van der Waals surface area contributed by atoms with Crippen molar-refractivity contribution in [3.05, 3.63) is 35.4 Å². The first-order valence-corrected chi connectivity index (χ1v) is 7.28. The van der Waals surface area contributed by atoms with E-state index < -0.39 is 11.0 Å². The molecule has 1 aromatic carbocycles. The molecule has 1 fully saturated rings. The molecule has 3 heteroatoms. The molecule has 0 atom stereocenters. The molecule has 0 unspecified atom stereocenters. The molecular weight excluding hydrogens is 252 g/mol. The van der Waals surface area contributed by atoms with Crippen molar-refractivity contribution in [3.63, 3.8) is 0 Å². The number of carbonyl (C=O) groups excluding carboxylic acids is 1. The van der Waals surface area contributed by atoms with Crippen molar-refractivity contribution in [1.29, 1.82) is 0 Å². The summed E-state index contributed by atoms with van der Waals surface area (Å²) in [6, 6.07) is 8.13. The quantitative estimate of drug-likeness (QED) is 0.859. The molecule has 0 saturated heterocycles. The van der Waals surface area contributed by atoms with E-state index in [-0.39, 0.29) is 5.97 Å². The molecule has 20 heavy (non-hydrogen) atoms. The summed E-state index contributed by atoms with van der Waals surface area (Å²) in [4.78, 5) is 12.2. The minimum Gasteiger partial charge on any atom is -0.468 e. The van der Waals surface area contributed by atoms with Crippen molar-refractivity contribution in [2.75, 3.05) is 7.11 Å². The van der Waals surface area contributed by atoms with Gasteiger partial charge >= 0.3 is 5.97 Å². The smallest absolute Gasteiger partial charge is 0.316 e. The van der Waals surface area contributed by atoms with Crippen LogP contribution in [0.4, 0.5) is 0 Å². The SMILES string of the molecule is CCC1(O)CC(C(=O)OC)(c2ccc(C(C)C)cc2)C1. The second-order valence-corrected chi connectivity index (χ2v) is 6.28. The van der Waals surface area contributed by atoms with Gasteiger partial charge in [-0.05, 0) is 36.3 Å². The van der Waals surface area contributed by atoms with E-state index in [1.165, 1.54) is 12.7 Å². The fraction of sp³-hybridized carbons (Fsp3) is 0.588. The zero-order valence-electron chi connectivity index (χ0n) is 12.8. The van der Waals surface area contributed by atoms with E-state index in [9.17, 15) is 9.90 Å². The predicted octanol–water partition coefficient (Wildman–Crippen LogP) is 3.16. The van der Waals surface area contributed by atoms with Gasteiger partial charge in [-0.2, -0.15) is 0 Å². The second kappa shape index (κ2) is 5.21. The third-order valence-corrected chi connectivity index (χ3v) is 4.63. The van der Waals surface area contributed by atoms with Gasteiger partial charge in [0.05, 0.1) is 18.1 Å². The van der Waals surface area contributed by atoms with Gasteiger partial charge in [-0.1, -0.05) is 45.0 Å². The van der Waals surface area contributed by atoms with Crippen LogP contribution in [0, 0.1) is 0 Å². The van der Waals surface area contributed by atoms with Gasteiger partial charge in [-0.3, -0.25) is 4.79 Å². The maximum Gasteiger partial charge on any atom is 0.316 e. The van der Waals surface area contributed by atoms with Gasteiger partial charge in [0.25, 0.3) is 0 Å². The van der Waals surface area contributed by atoms with Crippen molar-refractivity contribution in [3.8, 4) is 0 Å². The third-order valence-electron chi connectivity index (χ3n) is 4.63. The summed E-state index contributed by atoms with van der Waals surface area (Å²) in [5.74, 6) is 0.222. The van der Waals surface area contributed by atoms with Gasteiger partial charge in [-0.25, -0.2) is 0 Å². The Morgan fingerprint density at radius 1 is 1.30 bits per heavy atom.